The Balaban J connectivity index is 1.47. The number of hydrogen-bond acceptors (Lipinski definition) is 5. The second-order valence-corrected chi connectivity index (χ2v) is 8.14. The van der Waals surface area contributed by atoms with Crippen molar-refractivity contribution in [2.45, 2.75) is 43.9 Å². The smallest absolute Gasteiger partial charge is 0.376 e. The van der Waals surface area contributed by atoms with Gasteiger partial charge in [-0.2, -0.15) is 18.3 Å². The molecule has 0 radical (unpaired) electrons. The molecule has 4 aromatic heterocycles. The number of nitrogens with one attached hydrogen (secondary N) is 1. The number of pyridine rings is 2. The normalized spacial score (nSPS) is 17.5. The van der Waals surface area contributed by atoms with E-state index in [1.807, 2.05) is 6.07 Å². The third kappa shape index (κ3) is 3.35. The average Bonchev–Trinajstić information content (AvgIpc) is 3.48. The van der Waals surface area contributed by atoms with Crippen LogP contribution in [0.15, 0.2) is 49.3 Å². The summed E-state index contributed by atoms with van der Waals surface area (Å²) in [5.74, 6) is -0.524. The standard InChI is InChI=1S/C22H21F3N6O/c23-22(24,25)21(32,15-4-2-1-3-5-15)16-6-7-18(27-11-16)31-12-14(10-30-31)17-8-9-26-20-19(17)28-13-29-20/h6-13,15,32H,1-5H2,(H,26,28,29). The minimum absolute atomic E-state index is 0.236. The van der Waals surface area contributed by atoms with Gasteiger partial charge in [0.05, 0.1) is 12.5 Å². The van der Waals surface area contributed by atoms with Crippen LogP contribution in [0.3, 0.4) is 0 Å². The molecule has 4 aromatic rings. The molecule has 0 bridgehead atoms. The van der Waals surface area contributed by atoms with E-state index in [-0.39, 0.29) is 5.56 Å². The first-order valence-corrected chi connectivity index (χ1v) is 10.5. The van der Waals surface area contributed by atoms with Crippen molar-refractivity contribution in [2.75, 3.05) is 0 Å². The summed E-state index contributed by atoms with van der Waals surface area (Å²) >= 11 is 0. The van der Waals surface area contributed by atoms with Gasteiger partial charge in [-0.15, -0.1) is 0 Å². The zero-order valence-corrected chi connectivity index (χ0v) is 17.0. The fraction of sp³-hybridized carbons (Fsp3) is 0.364. The highest BCUT2D eigenvalue weighted by Gasteiger charge is 2.59. The molecule has 1 aliphatic carbocycles. The molecule has 0 amide bonds. The summed E-state index contributed by atoms with van der Waals surface area (Å²) in [6, 6.07) is 4.56. The summed E-state index contributed by atoms with van der Waals surface area (Å²) in [6.07, 6.45) is 5.84. The van der Waals surface area contributed by atoms with Crippen LogP contribution in [0, 0.1) is 5.92 Å². The fourth-order valence-corrected chi connectivity index (χ4v) is 4.57. The van der Waals surface area contributed by atoms with Gasteiger partial charge in [0.2, 0.25) is 0 Å². The van der Waals surface area contributed by atoms with Gasteiger partial charge in [0, 0.05) is 41.2 Å². The van der Waals surface area contributed by atoms with Crippen molar-refractivity contribution in [3.63, 3.8) is 0 Å². The van der Waals surface area contributed by atoms with Crippen LogP contribution in [0.25, 0.3) is 28.1 Å². The third-order valence-corrected chi connectivity index (χ3v) is 6.26. The van der Waals surface area contributed by atoms with Gasteiger partial charge in [0.25, 0.3) is 0 Å². The molecule has 1 unspecified atom stereocenters. The number of halogens is 3. The van der Waals surface area contributed by atoms with Gasteiger partial charge in [0.15, 0.2) is 17.1 Å². The molecule has 0 spiro atoms. The number of hydrogen-bond donors (Lipinski definition) is 2. The van der Waals surface area contributed by atoms with E-state index in [4.69, 9.17) is 0 Å². The molecule has 10 heteroatoms. The van der Waals surface area contributed by atoms with Crippen molar-refractivity contribution in [1.29, 1.82) is 0 Å². The van der Waals surface area contributed by atoms with Crippen LogP contribution in [0.2, 0.25) is 0 Å². The Kier molecular flexibility index (Phi) is 4.96. The van der Waals surface area contributed by atoms with Crippen LogP contribution >= 0.6 is 0 Å². The molecule has 0 aromatic carbocycles. The Morgan fingerprint density at radius 3 is 2.53 bits per heavy atom. The Bertz CT molecular complexity index is 1230. The molecule has 166 valence electrons. The number of nitrogens with zero attached hydrogens (tertiary/aromatic N) is 5. The molecule has 2 N–H and O–H groups in total. The van der Waals surface area contributed by atoms with Crippen molar-refractivity contribution < 1.29 is 18.3 Å². The number of fused-ring (bicyclic) bond motifs is 1. The molecule has 1 fully saturated rings. The first-order chi connectivity index (χ1) is 15.4. The van der Waals surface area contributed by atoms with Gasteiger partial charge in [-0.25, -0.2) is 19.6 Å². The van der Waals surface area contributed by atoms with Gasteiger partial charge in [-0.05, 0) is 25.0 Å². The minimum Gasteiger partial charge on any atom is -0.376 e. The minimum atomic E-state index is -4.78. The van der Waals surface area contributed by atoms with E-state index in [2.05, 4.69) is 25.0 Å². The summed E-state index contributed by atoms with van der Waals surface area (Å²) in [6.45, 7) is 0. The zero-order chi connectivity index (χ0) is 22.3. The van der Waals surface area contributed by atoms with E-state index < -0.39 is 17.7 Å². The van der Waals surface area contributed by atoms with Crippen molar-refractivity contribution in [1.82, 2.24) is 29.7 Å². The van der Waals surface area contributed by atoms with E-state index in [9.17, 15) is 18.3 Å². The molecular formula is C22H21F3N6O. The summed E-state index contributed by atoms with van der Waals surface area (Å²) in [7, 11) is 0. The van der Waals surface area contributed by atoms with Gasteiger partial charge in [-0.3, -0.25) is 0 Å². The highest BCUT2D eigenvalue weighted by molar-refractivity contribution is 5.88. The summed E-state index contributed by atoms with van der Waals surface area (Å²) in [5.41, 5.74) is -0.214. The van der Waals surface area contributed by atoms with Crippen LogP contribution in [0.4, 0.5) is 13.2 Å². The molecule has 1 saturated carbocycles. The van der Waals surface area contributed by atoms with Crippen molar-refractivity contribution in [3.8, 4) is 16.9 Å². The van der Waals surface area contributed by atoms with E-state index in [0.717, 1.165) is 23.7 Å². The Morgan fingerprint density at radius 1 is 1.00 bits per heavy atom. The maximum absolute atomic E-state index is 14.0. The predicted octanol–water partition coefficient (Wildman–Crippen LogP) is 4.54. The van der Waals surface area contributed by atoms with Crippen LogP contribution in [-0.4, -0.2) is 41.0 Å². The second-order valence-electron chi connectivity index (χ2n) is 8.14. The third-order valence-electron chi connectivity index (χ3n) is 6.26. The van der Waals surface area contributed by atoms with Gasteiger partial charge in [-0.1, -0.05) is 25.3 Å². The fourth-order valence-electron chi connectivity index (χ4n) is 4.57. The van der Waals surface area contributed by atoms with Crippen LogP contribution < -0.4 is 0 Å². The maximum Gasteiger partial charge on any atom is 0.421 e. The average molecular weight is 442 g/mol. The number of aromatic nitrogens is 6. The van der Waals surface area contributed by atoms with Crippen LogP contribution in [0.5, 0.6) is 0 Å². The number of aromatic amines is 1. The quantitative estimate of drug-likeness (QED) is 0.484. The van der Waals surface area contributed by atoms with Crippen molar-refractivity contribution in [3.05, 3.63) is 54.9 Å². The van der Waals surface area contributed by atoms with E-state index in [1.165, 1.54) is 16.8 Å². The number of aliphatic hydroxyl groups is 1. The van der Waals surface area contributed by atoms with Gasteiger partial charge < -0.3 is 10.1 Å². The Labute approximate surface area is 181 Å². The second kappa shape index (κ2) is 7.70. The highest BCUT2D eigenvalue weighted by Crippen LogP contribution is 2.49. The van der Waals surface area contributed by atoms with E-state index >= 15 is 0 Å². The molecular weight excluding hydrogens is 421 g/mol. The first-order valence-electron chi connectivity index (χ1n) is 10.5. The zero-order valence-electron chi connectivity index (χ0n) is 17.0. The number of imidazole rings is 1. The largest absolute Gasteiger partial charge is 0.421 e. The topological polar surface area (TPSA) is 92.5 Å². The number of H-pyrrole nitrogens is 1. The van der Waals surface area contributed by atoms with Crippen LogP contribution in [0.1, 0.15) is 37.7 Å². The summed E-state index contributed by atoms with van der Waals surface area (Å²) in [5, 5.41) is 15.1. The monoisotopic (exact) mass is 442 g/mol. The molecule has 5 rings (SSSR count). The van der Waals surface area contributed by atoms with Gasteiger partial charge in [0.1, 0.15) is 5.52 Å². The van der Waals surface area contributed by atoms with Crippen molar-refractivity contribution >= 4 is 11.2 Å². The SMILES string of the molecule is OC(c1ccc(-n2cc(-c3ccnc4[nH]cnc34)cn2)nc1)(C1CCCCC1)C(F)(F)F. The van der Waals surface area contributed by atoms with Crippen molar-refractivity contribution in [2.24, 2.45) is 5.92 Å². The molecule has 4 heterocycles. The summed E-state index contributed by atoms with van der Waals surface area (Å²) < 4.78 is 43.4. The highest BCUT2D eigenvalue weighted by atomic mass is 19.4. The molecule has 7 nitrogen and oxygen atoms in total. The molecule has 0 saturated heterocycles. The first kappa shape index (κ1) is 20.6. The Hall–Kier alpha value is -3.27. The lowest BCUT2D eigenvalue weighted by molar-refractivity contribution is -0.290. The van der Waals surface area contributed by atoms with Crippen LogP contribution in [-0.2, 0) is 5.60 Å². The Morgan fingerprint density at radius 2 is 1.81 bits per heavy atom. The van der Waals surface area contributed by atoms with Gasteiger partial charge >= 0.3 is 6.18 Å². The van der Waals surface area contributed by atoms with E-state index in [1.54, 1.807) is 24.9 Å². The lowest BCUT2D eigenvalue weighted by Crippen LogP contribution is -2.49. The van der Waals surface area contributed by atoms with E-state index in [0.29, 0.717) is 42.7 Å². The number of alkyl halides is 3. The lowest BCUT2D eigenvalue weighted by Gasteiger charge is -2.39. The molecule has 0 aliphatic heterocycles. The molecule has 1 atom stereocenters. The summed E-state index contributed by atoms with van der Waals surface area (Å²) in [4.78, 5) is 15.6. The maximum atomic E-state index is 14.0. The lowest BCUT2D eigenvalue weighted by atomic mass is 9.73. The molecule has 1 aliphatic rings. The number of rotatable bonds is 4. The molecule has 32 heavy (non-hydrogen) atoms. The predicted molar refractivity (Wildman–Crippen MR) is 111 cm³/mol.